The second-order valence-electron chi connectivity index (χ2n) is 9.14. The molecule has 2 aliphatic rings. The van der Waals surface area contributed by atoms with Gasteiger partial charge in [0.05, 0.1) is 17.4 Å². The maximum absolute atomic E-state index is 12.9. The summed E-state index contributed by atoms with van der Waals surface area (Å²) in [6.45, 7) is 1.78. The van der Waals surface area contributed by atoms with E-state index in [0.29, 0.717) is 25.1 Å². The van der Waals surface area contributed by atoms with E-state index in [1.165, 1.54) is 5.56 Å². The lowest BCUT2D eigenvalue weighted by Crippen LogP contribution is -2.46. The molecule has 2 aromatic rings. The molecule has 184 valence electrons. The number of ether oxygens (including phenoxy) is 1. The Bertz CT molecular complexity index is 1020. The molecule has 1 amide bonds. The van der Waals surface area contributed by atoms with Crippen molar-refractivity contribution in [3.63, 3.8) is 0 Å². The van der Waals surface area contributed by atoms with E-state index in [2.05, 4.69) is 27.8 Å². The van der Waals surface area contributed by atoms with E-state index in [-0.39, 0.29) is 24.1 Å². The molecule has 1 aliphatic heterocycles. The molecule has 2 aromatic heterocycles. The SMILES string of the molecule is Cn1cnc(Cl)c1C1(C(=O)N[C@@H](CCOCCCCc2ccc3c(n2)NCCC3)C(=O)O)CC1. The van der Waals surface area contributed by atoms with Gasteiger partial charge in [-0.05, 0) is 56.6 Å². The van der Waals surface area contributed by atoms with Crippen LogP contribution in [0.3, 0.4) is 0 Å². The maximum atomic E-state index is 12.9. The zero-order valence-electron chi connectivity index (χ0n) is 19.5. The van der Waals surface area contributed by atoms with Crippen LogP contribution in [0, 0.1) is 0 Å². The summed E-state index contributed by atoms with van der Waals surface area (Å²) in [4.78, 5) is 33.4. The lowest BCUT2D eigenvalue weighted by molar-refractivity contribution is -0.142. The number of carbonyl (C=O) groups is 2. The van der Waals surface area contributed by atoms with Crippen molar-refractivity contribution in [1.82, 2.24) is 19.9 Å². The molecule has 1 atom stereocenters. The fraction of sp³-hybridized carbons (Fsp3) is 0.583. The topological polar surface area (TPSA) is 118 Å². The maximum Gasteiger partial charge on any atom is 0.326 e. The molecule has 0 aromatic carbocycles. The van der Waals surface area contributed by atoms with Crippen molar-refractivity contribution in [2.24, 2.45) is 7.05 Å². The summed E-state index contributed by atoms with van der Waals surface area (Å²) >= 11 is 6.17. The quantitative estimate of drug-likeness (QED) is 0.392. The average Bonchev–Trinajstić information content (AvgIpc) is 3.55. The van der Waals surface area contributed by atoms with Crippen LogP contribution in [0.2, 0.25) is 5.15 Å². The molecule has 0 bridgehead atoms. The largest absolute Gasteiger partial charge is 0.480 e. The first-order valence-electron chi connectivity index (χ1n) is 11.9. The number of hydrogen-bond donors (Lipinski definition) is 3. The number of nitrogens with one attached hydrogen (secondary N) is 2. The van der Waals surface area contributed by atoms with Crippen molar-refractivity contribution in [2.75, 3.05) is 25.1 Å². The molecule has 0 unspecified atom stereocenters. The van der Waals surface area contributed by atoms with E-state index < -0.39 is 17.4 Å². The van der Waals surface area contributed by atoms with Gasteiger partial charge in [-0.2, -0.15) is 0 Å². The number of amides is 1. The third-order valence-electron chi connectivity index (χ3n) is 6.61. The second kappa shape index (κ2) is 10.7. The van der Waals surface area contributed by atoms with Gasteiger partial charge in [0.15, 0.2) is 5.15 Å². The van der Waals surface area contributed by atoms with E-state index in [4.69, 9.17) is 21.3 Å². The molecule has 3 heterocycles. The van der Waals surface area contributed by atoms with E-state index in [1.807, 2.05) is 0 Å². The minimum atomic E-state index is -1.07. The molecule has 0 radical (unpaired) electrons. The summed E-state index contributed by atoms with van der Waals surface area (Å²) < 4.78 is 7.38. The summed E-state index contributed by atoms with van der Waals surface area (Å²) in [7, 11) is 1.78. The summed E-state index contributed by atoms with van der Waals surface area (Å²) in [5.41, 5.74) is 2.20. The minimum Gasteiger partial charge on any atom is -0.480 e. The molecule has 3 N–H and O–H groups in total. The summed E-state index contributed by atoms with van der Waals surface area (Å²) in [5, 5.41) is 15.9. The highest BCUT2D eigenvalue weighted by molar-refractivity contribution is 6.30. The Morgan fingerprint density at radius 1 is 1.32 bits per heavy atom. The number of carboxylic acids is 1. The van der Waals surface area contributed by atoms with Crippen molar-refractivity contribution in [3.8, 4) is 0 Å². The molecule has 1 saturated carbocycles. The molecule has 4 rings (SSSR count). The summed E-state index contributed by atoms with van der Waals surface area (Å²) in [6.07, 6.45) is 7.92. The standard InChI is InChI=1S/C24H32ClN5O4/c1-30-15-27-20(25)19(30)24(10-11-24)23(33)29-18(22(31)32)9-14-34-13-3-2-6-17-8-7-16-5-4-12-26-21(16)28-17/h7-8,15,18H,2-6,9-14H2,1H3,(H,26,28)(H,29,33)(H,31,32)/t18-/m0/s1. The summed E-state index contributed by atoms with van der Waals surface area (Å²) in [6, 6.07) is 3.25. The number of hydrogen-bond acceptors (Lipinski definition) is 6. The van der Waals surface area contributed by atoms with Crippen molar-refractivity contribution < 1.29 is 19.4 Å². The molecule has 0 spiro atoms. The molecule has 1 fully saturated rings. The number of fused-ring (bicyclic) bond motifs is 1. The number of anilines is 1. The van der Waals surface area contributed by atoms with Crippen LogP contribution in [0.4, 0.5) is 5.82 Å². The third kappa shape index (κ3) is 5.52. The number of rotatable bonds is 12. The minimum absolute atomic E-state index is 0.203. The number of unbranched alkanes of at least 4 members (excludes halogenated alkanes) is 1. The second-order valence-corrected chi connectivity index (χ2v) is 9.50. The molecular formula is C24H32ClN5O4. The van der Waals surface area contributed by atoms with Gasteiger partial charge in [0.1, 0.15) is 11.9 Å². The molecule has 0 saturated heterocycles. The average molecular weight is 490 g/mol. The number of carbonyl (C=O) groups excluding carboxylic acids is 1. The molecular weight excluding hydrogens is 458 g/mol. The first-order chi connectivity index (χ1) is 16.4. The van der Waals surface area contributed by atoms with Crippen LogP contribution < -0.4 is 10.6 Å². The lowest BCUT2D eigenvalue weighted by atomic mass is 10.0. The Labute approximate surface area is 204 Å². The zero-order chi connectivity index (χ0) is 24.1. The number of imidazole rings is 1. The molecule has 10 heteroatoms. The predicted molar refractivity (Wildman–Crippen MR) is 128 cm³/mol. The Balaban J connectivity index is 1.17. The van der Waals surface area contributed by atoms with Gasteiger partial charge >= 0.3 is 5.97 Å². The highest BCUT2D eigenvalue weighted by atomic mass is 35.5. The van der Waals surface area contributed by atoms with Crippen LogP contribution in [-0.2, 0) is 39.6 Å². The van der Waals surface area contributed by atoms with Crippen LogP contribution in [0.5, 0.6) is 0 Å². The van der Waals surface area contributed by atoms with Crippen molar-refractivity contribution in [1.29, 1.82) is 0 Å². The number of halogens is 1. The highest BCUT2D eigenvalue weighted by Crippen LogP contribution is 2.50. The first kappa shape index (κ1) is 24.5. The van der Waals surface area contributed by atoms with E-state index >= 15 is 0 Å². The molecule has 9 nitrogen and oxygen atoms in total. The van der Waals surface area contributed by atoms with Crippen LogP contribution >= 0.6 is 11.6 Å². The lowest BCUT2D eigenvalue weighted by Gasteiger charge is -2.20. The summed E-state index contributed by atoms with van der Waals surface area (Å²) in [5.74, 6) is -0.381. The number of carboxylic acid groups (broad SMARTS) is 1. The zero-order valence-corrected chi connectivity index (χ0v) is 20.2. The Kier molecular flexibility index (Phi) is 7.73. The number of aryl methyl sites for hydroxylation is 3. The Hall–Kier alpha value is -2.65. The number of pyridine rings is 1. The predicted octanol–water partition coefficient (Wildman–Crippen LogP) is 2.86. The molecule has 34 heavy (non-hydrogen) atoms. The van der Waals surface area contributed by atoms with Gasteiger partial charge in [0, 0.05) is 38.9 Å². The van der Waals surface area contributed by atoms with Crippen molar-refractivity contribution in [2.45, 2.75) is 62.8 Å². The first-order valence-corrected chi connectivity index (χ1v) is 12.3. The monoisotopic (exact) mass is 489 g/mol. The normalized spacial score (nSPS) is 16.9. The number of nitrogens with zero attached hydrogens (tertiary/aromatic N) is 3. The van der Waals surface area contributed by atoms with Gasteiger partial charge in [0.25, 0.3) is 0 Å². The van der Waals surface area contributed by atoms with E-state index in [0.717, 1.165) is 50.2 Å². The van der Waals surface area contributed by atoms with E-state index in [9.17, 15) is 14.7 Å². The Morgan fingerprint density at radius 3 is 2.85 bits per heavy atom. The molecule has 1 aliphatic carbocycles. The van der Waals surface area contributed by atoms with Gasteiger partial charge in [-0.15, -0.1) is 0 Å². The van der Waals surface area contributed by atoms with Crippen LogP contribution in [0.1, 0.15) is 55.5 Å². The van der Waals surface area contributed by atoms with Gasteiger partial charge in [-0.25, -0.2) is 14.8 Å². The van der Waals surface area contributed by atoms with Gasteiger partial charge in [-0.1, -0.05) is 17.7 Å². The van der Waals surface area contributed by atoms with Crippen LogP contribution in [-0.4, -0.2) is 57.3 Å². The fourth-order valence-electron chi connectivity index (χ4n) is 4.51. The van der Waals surface area contributed by atoms with Gasteiger partial charge < -0.3 is 25.0 Å². The Morgan fingerprint density at radius 2 is 2.15 bits per heavy atom. The third-order valence-corrected chi connectivity index (χ3v) is 6.88. The van der Waals surface area contributed by atoms with Gasteiger partial charge in [-0.3, -0.25) is 4.79 Å². The number of aliphatic carboxylic acids is 1. The van der Waals surface area contributed by atoms with Gasteiger partial charge in [0.2, 0.25) is 5.91 Å². The fourth-order valence-corrected chi connectivity index (χ4v) is 4.87. The smallest absolute Gasteiger partial charge is 0.326 e. The van der Waals surface area contributed by atoms with E-state index in [1.54, 1.807) is 17.9 Å². The highest BCUT2D eigenvalue weighted by Gasteiger charge is 2.55. The van der Waals surface area contributed by atoms with Crippen LogP contribution in [0.25, 0.3) is 0 Å². The van der Waals surface area contributed by atoms with Crippen molar-refractivity contribution in [3.05, 3.63) is 40.6 Å². The van der Waals surface area contributed by atoms with Crippen molar-refractivity contribution >= 4 is 29.3 Å². The number of aromatic nitrogens is 3. The van der Waals surface area contributed by atoms with Crippen LogP contribution in [0.15, 0.2) is 18.5 Å².